The second-order valence-electron chi connectivity index (χ2n) is 4.92. The van der Waals surface area contributed by atoms with Crippen molar-refractivity contribution in [2.45, 2.75) is 26.7 Å². The summed E-state index contributed by atoms with van der Waals surface area (Å²) in [5, 5.41) is 0. The Morgan fingerprint density at radius 1 is 1.43 bits per heavy atom. The van der Waals surface area contributed by atoms with E-state index in [1.165, 1.54) is 11.1 Å². The average Bonchev–Trinajstić information content (AvgIpc) is 2.47. The van der Waals surface area contributed by atoms with Crippen molar-refractivity contribution in [2.75, 3.05) is 19.3 Å². The molecule has 0 radical (unpaired) electrons. The molecule has 4 heteroatoms. The lowest BCUT2D eigenvalue weighted by Gasteiger charge is -2.11. The number of nitrogen functional groups attached to an aromatic ring is 1. The molecule has 3 nitrogen and oxygen atoms in total. The van der Waals surface area contributed by atoms with Gasteiger partial charge in [-0.2, -0.15) is 0 Å². The Kier molecular flexibility index (Phi) is 7.26. The maximum atomic E-state index is 5.86. The molecule has 0 bridgehead atoms. The number of aliphatic imine (C=N–C) groups is 1. The van der Waals surface area contributed by atoms with Crippen LogP contribution in [0.25, 0.3) is 0 Å². The molecule has 1 rings (SSSR count). The van der Waals surface area contributed by atoms with E-state index in [0.717, 1.165) is 29.8 Å². The number of likely N-dealkylation sites (N-methyl/N-ethyl adjacent to an activating group) is 1. The van der Waals surface area contributed by atoms with Gasteiger partial charge in [0.15, 0.2) is 0 Å². The van der Waals surface area contributed by atoms with E-state index in [0.29, 0.717) is 6.54 Å². The Labute approximate surface area is 133 Å². The number of hydrogen-bond acceptors (Lipinski definition) is 4. The smallest absolute Gasteiger partial charge is 0.0476 e. The van der Waals surface area contributed by atoms with E-state index in [2.05, 4.69) is 44.3 Å². The van der Waals surface area contributed by atoms with Gasteiger partial charge in [0.2, 0.25) is 0 Å². The van der Waals surface area contributed by atoms with Gasteiger partial charge in [-0.25, -0.2) is 0 Å². The monoisotopic (exact) mass is 303 g/mol. The molecule has 0 unspecified atom stereocenters. The molecule has 0 aromatic heterocycles. The number of anilines is 1. The number of aryl methyl sites for hydroxylation is 1. The fraction of sp³-hybridized carbons (Fsp3) is 0.353. The van der Waals surface area contributed by atoms with E-state index in [1.807, 2.05) is 31.5 Å². The highest BCUT2D eigenvalue weighted by Crippen LogP contribution is 2.17. The second kappa shape index (κ2) is 8.70. The molecule has 1 aromatic carbocycles. The summed E-state index contributed by atoms with van der Waals surface area (Å²) in [6.45, 7) is 8.77. The van der Waals surface area contributed by atoms with E-state index in [4.69, 9.17) is 5.73 Å². The molecule has 1 aromatic rings. The van der Waals surface area contributed by atoms with Gasteiger partial charge in [0, 0.05) is 24.1 Å². The molecule has 0 aliphatic heterocycles. The van der Waals surface area contributed by atoms with Crippen molar-refractivity contribution in [3.8, 4) is 0 Å². The van der Waals surface area contributed by atoms with Crippen LogP contribution in [0.3, 0.4) is 0 Å². The maximum Gasteiger partial charge on any atom is 0.0476 e. The summed E-state index contributed by atoms with van der Waals surface area (Å²) in [5.41, 5.74) is 11.2. The molecule has 114 valence electrons. The van der Waals surface area contributed by atoms with Crippen LogP contribution in [0.15, 0.2) is 47.6 Å². The van der Waals surface area contributed by atoms with Crippen molar-refractivity contribution in [3.63, 3.8) is 0 Å². The van der Waals surface area contributed by atoms with E-state index >= 15 is 0 Å². The van der Waals surface area contributed by atoms with Gasteiger partial charge in [-0.3, -0.25) is 9.30 Å². The number of nitrogens with zero attached hydrogens (tertiary/aromatic N) is 2. The maximum absolute atomic E-state index is 5.86. The van der Waals surface area contributed by atoms with Crippen LogP contribution in [0.2, 0.25) is 0 Å². The minimum Gasteiger partial charge on any atom is -0.399 e. The van der Waals surface area contributed by atoms with Gasteiger partial charge in [-0.15, -0.1) is 0 Å². The lowest BCUT2D eigenvalue weighted by atomic mass is 9.99. The summed E-state index contributed by atoms with van der Waals surface area (Å²) in [6, 6.07) is 6.02. The predicted molar refractivity (Wildman–Crippen MR) is 97.0 cm³/mol. The standard InChI is InChI=1S/C17H25N3S/c1-5-13(12-20(4)21)11-19-17(7-3)16-9-8-15(18)10-14(16)6-2/h5,8-11,21H,1,6-7,12,18H2,2-4H3/b13-11+,19-17?. The van der Waals surface area contributed by atoms with E-state index < -0.39 is 0 Å². The van der Waals surface area contributed by atoms with Crippen LogP contribution in [-0.4, -0.2) is 23.6 Å². The van der Waals surface area contributed by atoms with Gasteiger partial charge in [0.25, 0.3) is 0 Å². The summed E-state index contributed by atoms with van der Waals surface area (Å²) < 4.78 is 1.80. The number of rotatable bonds is 7. The Bertz CT molecular complexity index is 545. The molecular formula is C17H25N3S. The molecule has 0 saturated carbocycles. The molecule has 0 fully saturated rings. The SMILES string of the molecule is C=C/C(=C\N=C(CC)c1ccc(N)cc1CC)CN(C)S. The lowest BCUT2D eigenvalue weighted by molar-refractivity contribution is 0.632. The highest BCUT2D eigenvalue weighted by molar-refractivity contribution is 7.77. The van der Waals surface area contributed by atoms with E-state index in [9.17, 15) is 0 Å². The molecule has 0 atom stereocenters. The molecular weight excluding hydrogens is 278 g/mol. The molecule has 0 aliphatic rings. The Morgan fingerprint density at radius 2 is 2.14 bits per heavy atom. The fourth-order valence-corrected chi connectivity index (χ4v) is 2.29. The molecule has 21 heavy (non-hydrogen) atoms. The number of hydrogen-bond donors (Lipinski definition) is 2. The van der Waals surface area contributed by atoms with Crippen LogP contribution in [0, 0.1) is 0 Å². The quantitative estimate of drug-likeness (QED) is 0.347. The highest BCUT2D eigenvalue weighted by atomic mass is 32.1. The van der Waals surface area contributed by atoms with Crippen molar-refractivity contribution in [1.29, 1.82) is 0 Å². The topological polar surface area (TPSA) is 41.6 Å². The first-order valence-electron chi connectivity index (χ1n) is 7.18. The highest BCUT2D eigenvalue weighted by Gasteiger charge is 2.07. The fourth-order valence-electron chi connectivity index (χ4n) is 2.12. The van der Waals surface area contributed by atoms with E-state index in [1.54, 1.807) is 4.31 Å². The summed E-state index contributed by atoms with van der Waals surface area (Å²) >= 11 is 4.25. The molecule has 0 amide bonds. The summed E-state index contributed by atoms with van der Waals surface area (Å²) in [7, 11) is 1.90. The zero-order valence-corrected chi connectivity index (χ0v) is 14.0. The second-order valence-corrected chi connectivity index (χ2v) is 5.61. The minimum atomic E-state index is 0.704. The van der Waals surface area contributed by atoms with Gasteiger partial charge < -0.3 is 5.73 Å². The third-order valence-corrected chi connectivity index (χ3v) is 3.36. The van der Waals surface area contributed by atoms with Gasteiger partial charge in [0.1, 0.15) is 0 Å². The lowest BCUT2D eigenvalue weighted by Crippen LogP contribution is -2.08. The van der Waals surface area contributed by atoms with Crippen molar-refractivity contribution < 1.29 is 0 Å². The third-order valence-electron chi connectivity index (χ3n) is 3.22. The van der Waals surface area contributed by atoms with Gasteiger partial charge in [0.05, 0.1) is 0 Å². The van der Waals surface area contributed by atoms with Gasteiger partial charge in [-0.05, 0) is 48.7 Å². The third kappa shape index (κ3) is 5.40. The molecule has 0 aliphatic carbocycles. The van der Waals surface area contributed by atoms with Crippen LogP contribution in [0.5, 0.6) is 0 Å². The van der Waals surface area contributed by atoms with E-state index in [-0.39, 0.29) is 0 Å². The van der Waals surface area contributed by atoms with Crippen LogP contribution in [0.1, 0.15) is 31.4 Å². The largest absolute Gasteiger partial charge is 0.399 e. The van der Waals surface area contributed by atoms with Crippen LogP contribution < -0.4 is 5.73 Å². The number of thiol groups is 1. The first kappa shape index (κ1) is 17.5. The molecule has 0 heterocycles. The molecule has 0 spiro atoms. The van der Waals surface area contributed by atoms with Crippen molar-refractivity contribution in [2.24, 2.45) is 4.99 Å². The molecule has 0 saturated heterocycles. The van der Waals surface area contributed by atoms with Gasteiger partial charge in [-0.1, -0.05) is 45.4 Å². The number of nitrogens with two attached hydrogens (primary N) is 1. The van der Waals surface area contributed by atoms with Gasteiger partial charge >= 0.3 is 0 Å². The summed E-state index contributed by atoms with van der Waals surface area (Å²) in [5.74, 6) is 0. The van der Waals surface area contributed by atoms with Crippen molar-refractivity contribution in [3.05, 3.63) is 53.8 Å². The summed E-state index contributed by atoms with van der Waals surface area (Å²) in [6.07, 6.45) is 5.49. The first-order chi connectivity index (χ1) is 10.0. The predicted octanol–water partition coefficient (Wildman–Crippen LogP) is 3.88. The Morgan fingerprint density at radius 3 is 2.67 bits per heavy atom. The van der Waals surface area contributed by atoms with Crippen molar-refractivity contribution in [1.82, 2.24) is 4.31 Å². The number of benzene rings is 1. The Balaban J connectivity index is 3.15. The van der Waals surface area contributed by atoms with Crippen LogP contribution in [-0.2, 0) is 6.42 Å². The summed E-state index contributed by atoms with van der Waals surface area (Å²) in [4.78, 5) is 4.66. The normalized spacial score (nSPS) is 12.8. The van der Waals surface area contributed by atoms with Crippen LogP contribution >= 0.6 is 12.8 Å². The average molecular weight is 303 g/mol. The van der Waals surface area contributed by atoms with Crippen molar-refractivity contribution >= 4 is 24.2 Å². The minimum absolute atomic E-state index is 0.704. The van der Waals surface area contributed by atoms with Crippen LogP contribution in [0.4, 0.5) is 5.69 Å². The zero-order valence-electron chi connectivity index (χ0n) is 13.1. The zero-order chi connectivity index (χ0) is 15.8. The molecule has 2 N–H and O–H groups in total. The first-order valence-corrected chi connectivity index (χ1v) is 7.58. The Hall–Kier alpha value is -1.52.